The van der Waals surface area contributed by atoms with Crippen LogP contribution in [0, 0.1) is 11.8 Å². The minimum atomic E-state index is -0.642. The lowest BCUT2D eigenvalue weighted by Crippen LogP contribution is -2.30. The van der Waals surface area contributed by atoms with Crippen LogP contribution in [0.25, 0.3) is 0 Å². The van der Waals surface area contributed by atoms with E-state index in [9.17, 15) is 4.79 Å². The van der Waals surface area contributed by atoms with Crippen LogP contribution in [0.4, 0.5) is 0 Å². The standard InChI is InChI=1S/C19H24O3/c1-13-12-17(16-11-7-6-10-15(13)16)22-19(20)18(21-2)14-8-4-3-5-9-14/h3-5,8-9,15-18H,1,6-7,10-12H2,2H3/t15-,16-,17-,18-/m0/s1. The Bertz CT molecular complexity index is 537. The quantitative estimate of drug-likeness (QED) is 0.621. The van der Waals surface area contributed by atoms with E-state index in [0.717, 1.165) is 18.4 Å². The van der Waals surface area contributed by atoms with Crippen molar-refractivity contribution in [2.24, 2.45) is 11.8 Å². The molecule has 22 heavy (non-hydrogen) atoms. The molecular formula is C19H24O3. The lowest BCUT2D eigenvalue weighted by molar-refractivity contribution is -0.164. The lowest BCUT2D eigenvalue weighted by atomic mass is 9.80. The predicted molar refractivity (Wildman–Crippen MR) is 85.3 cm³/mol. The number of carbonyl (C=O) groups is 1. The maximum absolute atomic E-state index is 12.5. The second-order valence-corrected chi connectivity index (χ2v) is 6.42. The van der Waals surface area contributed by atoms with E-state index in [4.69, 9.17) is 9.47 Å². The van der Waals surface area contributed by atoms with Crippen LogP contribution in [0.5, 0.6) is 0 Å². The van der Waals surface area contributed by atoms with Crippen LogP contribution in [-0.4, -0.2) is 19.2 Å². The van der Waals surface area contributed by atoms with Crippen LogP contribution in [0.1, 0.15) is 43.8 Å². The molecule has 0 radical (unpaired) electrons. The zero-order chi connectivity index (χ0) is 15.5. The molecule has 0 amide bonds. The number of carbonyl (C=O) groups excluding carboxylic acids is 1. The molecule has 4 atom stereocenters. The van der Waals surface area contributed by atoms with Crippen LogP contribution >= 0.6 is 0 Å². The van der Waals surface area contributed by atoms with Crippen molar-refractivity contribution in [1.82, 2.24) is 0 Å². The number of ether oxygens (including phenoxy) is 2. The van der Waals surface area contributed by atoms with Crippen molar-refractivity contribution < 1.29 is 14.3 Å². The molecule has 2 aliphatic rings. The Labute approximate surface area is 132 Å². The molecule has 3 nitrogen and oxygen atoms in total. The van der Waals surface area contributed by atoms with E-state index in [0.29, 0.717) is 11.8 Å². The zero-order valence-electron chi connectivity index (χ0n) is 13.2. The minimum Gasteiger partial charge on any atom is -0.460 e. The summed E-state index contributed by atoms with van der Waals surface area (Å²) in [5.41, 5.74) is 2.10. The molecule has 3 rings (SSSR count). The number of fused-ring (bicyclic) bond motifs is 1. The predicted octanol–water partition coefficient (Wildman–Crippen LogP) is 4.05. The molecular weight excluding hydrogens is 276 g/mol. The summed E-state index contributed by atoms with van der Waals surface area (Å²) in [6.45, 7) is 4.20. The van der Waals surface area contributed by atoms with Gasteiger partial charge in [-0.05, 0) is 24.3 Å². The highest BCUT2D eigenvalue weighted by molar-refractivity contribution is 5.76. The summed E-state index contributed by atoms with van der Waals surface area (Å²) in [6.07, 6.45) is 4.99. The van der Waals surface area contributed by atoms with Crippen molar-refractivity contribution in [2.75, 3.05) is 7.11 Å². The van der Waals surface area contributed by atoms with Gasteiger partial charge in [0.15, 0.2) is 6.10 Å². The molecule has 0 aliphatic heterocycles. The topological polar surface area (TPSA) is 35.5 Å². The van der Waals surface area contributed by atoms with E-state index in [2.05, 4.69) is 6.58 Å². The summed E-state index contributed by atoms with van der Waals surface area (Å²) in [6, 6.07) is 9.53. The summed E-state index contributed by atoms with van der Waals surface area (Å²) in [4.78, 5) is 12.5. The molecule has 0 aromatic heterocycles. The SMILES string of the molecule is C=C1C[C@H](OC(=O)[C@@H](OC)c2ccccc2)[C@H]2CCCC[C@@H]12. The van der Waals surface area contributed by atoms with Gasteiger partial charge in [-0.1, -0.05) is 55.3 Å². The molecule has 1 aromatic rings. The van der Waals surface area contributed by atoms with Crippen LogP contribution in [0.2, 0.25) is 0 Å². The maximum atomic E-state index is 12.5. The molecule has 0 spiro atoms. The van der Waals surface area contributed by atoms with E-state index < -0.39 is 6.10 Å². The Morgan fingerprint density at radius 2 is 1.95 bits per heavy atom. The van der Waals surface area contributed by atoms with E-state index >= 15 is 0 Å². The maximum Gasteiger partial charge on any atom is 0.340 e. The van der Waals surface area contributed by atoms with Gasteiger partial charge in [0.2, 0.25) is 0 Å². The third kappa shape index (κ3) is 2.95. The van der Waals surface area contributed by atoms with Crippen molar-refractivity contribution in [1.29, 1.82) is 0 Å². The second kappa shape index (κ2) is 6.66. The van der Waals surface area contributed by atoms with Gasteiger partial charge in [-0.2, -0.15) is 0 Å². The molecule has 0 saturated heterocycles. The summed E-state index contributed by atoms with van der Waals surface area (Å²) >= 11 is 0. The van der Waals surface area contributed by atoms with Crippen LogP contribution in [0.3, 0.4) is 0 Å². The Morgan fingerprint density at radius 3 is 2.68 bits per heavy atom. The number of methoxy groups -OCH3 is 1. The van der Waals surface area contributed by atoms with Gasteiger partial charge in [-0.25, -0.2) is 4.79 Å². The molecule has 0 heterocycles. The largest absolute Gasteiger partial charge is 0.460 e. The molecule has 0 N–H and O–H groups in total. The fourth-order valence-electron chi connectivity index (χ4n) is 4.01. The first kappa shape index (κ1) is 15.3. The summed E-state index contributed by atoms with van der Waals surface area (Å²) < 4.78 is 11.2. The number of rotatable bonds is 4. The van der Waals surface area contributed by atoms with E-state index in [1.54, 1.807) is 7.11 Å². The van der Waals surface area contributed by atoms with Crippen molar-refractivity contribution >= 4 is 5.97 Å². The van der Waals surface area contributed by atoms with Gasteiger partial charge in [0.05, 0.1) is 0 Å². The van der Waals surface area contributed by atoms with Gasteiger partial charge >= 0.3 is 5.97 Å². The molecule has 1 aromatic carbocycles. The monoisotopic (exact) mass is 300 g/mol. The highest BCUT2D eigenvalue weighted by atomic mass is 16.6. The Balaban J connectivity index is 1.69. The van der Waals surface area contributed by atoms with Crippen molar-refractivity contribution in [3.63, 3.8) is 0 Å². The number of hydrogen-bond acceptors (Lipinski definition) is 3. The molecule has 2 saturated carbocycles. The molecule has 0 bridgehead atoms. The normalized spacial score (nSPS) is 29.0. The summed E-state index contributed by atoms with van der Waals surface area (Å²) in [5.74, 6) is 0.723. The van der Waals surface area contributed by atoms with Gasteiger partial charge in [0.1, 0.15) is 6.10 Å². The number of esters is 1. The van der Waals surface area contributed by atoms with Crippen LogP contribution < -0.4 is 0 Å². The average molecular weight is 300 g/mol. The molecule has 118 valence electrons. The first-order valence-electron chi connectivity index (χ1n) is 8.16. The van der Waals surface area contributed by atoms with Gasteiger partial charge in [-0.3, -0.25) is 0 Å². The lowest BCUT2D eigenvalue weighted by Gasteiger charge is -2.29. The van der Waals surface area contributed by atoms with Crippen LogP contribution in [-0.2, 0) is 14.3 Å². The third-order valence-electron chi connectivity index (χ3n) is 5.10. The summed E-state index contributed by atoms with van der Waals surface area (Å²) in [7, 11) is 1.55. The van der Waals surface area contributed by atoms with Gasteiger partial charge in [-0.15, -0.1) is 0 Å². The van der Waals surface area contributed by atoms with Gasteiger partial charge < -0.3 is 9.47 Å². The Kier molecular flexibility index (Phi) is 4.63. The van der Waals surface area contributed by atoms with Crippen LogP contribution in [0.15, 0.2) is 42.5 Å². The third-order valence-corrected chi connectivity index (χ3v) is 5.10. The van der Waals surface area contributed by atoms with E-state index in [-0.39, 0.29) is 12.1 Å². The minimum absolute atomic E-state index is 0.0216. The molecule has 0 unspecified atom stereocenters. The average Bonchev–Trinajstić information content (AvgIpc) is 2.86. The Morgan fingerprint density at radius 1 is 1.23 bits per heavy atom. The van der Waals surface area contributed by atoms with E-state index in [1.807, 2.05) is 30.3 Å². The number of hydrogen-bond donors (Lipinski definition) is 0. The Hall–Kier alpha value is -1.61. The van der Waals surface area contributed by atoms with Crippen molar-refractivity contribution in [3.8, 4) is 0 Å². The first-order chi connectivity index (χ1) is 10.7. The van der Waals surface area contributed by atoms with Gasteiger partial charge in [0.25, 0.3) is 0 Å². The highest BCUT2D eigenvalue weighted by Gasteiger charge is 2.42. The fourth-order valence-corrected chi connectivity index (χ4v) is 4.01. The number of benzene rings is 1. The molecule has 3 heteroatoms. The molecule has 2 aliphatic carbocycles. The highest BCUT2D eigenvalue weighted by Crippen LogP contribution is 2.46. The van der Waals surface area contributed by atoms with E-state index in [1.165, 1.54) is 24.8 Å². The smallest absolute Gasteiger partial charge is 0.340 e. The second-order valence-electron chi connectivity index (χ2n) is 6.42. The fraction of sp³-hybridized carbons (Fsp3) is 0.526. The zero-order valence-corrected chi connectivity index (χ0v) is 13.2. The van der Waals surface area contributed by atoms with Gasteiger partial charge in [0, 0.05) is 19.4 Å². The molecule has 2 fully saturated rings. The van der Waals surface area contributed by atoms with Crippen molar-refractivity contribution in [3.05, 3.63) is 48.0 Å². The van der Waals surface area contributed by atoms with Crippen molar-refractivity contribution in [2.45, 2.75) is 44.3 Å². The first-order valence-corrected chi connectivity index (χ1v) is 8.16. The summed E-state index contributed by atoms with van der Waals surface area (Å²) in [5, 5.41) is 0.